The predicted octanol–water partition coefficient (Wildman–Crippen LogP) is 1.16. The minimum atomic E-state index is -0.428. The summed E-state index contributed by atoms with van der Waals surface area (Å²) in [5.74, 6) is -0.198. The van der Waals surface area contributed by atoms with E-state index in [1.165, 1.54) is 0 Å². The molecule has 2 rings (SSSR count). The van der Waals surface area contributed by atoms with E-state index in [1.54, 1.807) is 18.4 Å². The average Bonchev–Trinajstić information content (AvgIpc) is 2.65. The fourth-order valence-electron chi connectivity index (χ4n) is 2.18. The Morgan fingerprint density at radius 2 is 2.15 bits per heavy atom. The maximum absolute atomic E-state index is 12.3. The van der Waals surface area contributed by atoms with Gasteiger partial charge in [0.2, 0.25) is 0 Å². The molecule has 0 aliphatic heterocycles. The first-order chi connectivity index (χ1) is 9.40. The zero-order valence-corrected chi connectivity index (χ0v) is 12.3. The number of amides is 1. The second kappa shape index (κ2) is 5.58. The van der Waals surface area contributed by atoms with E-state index in [4.69, 9.17) is 0 Å². The monoisotopic (exact) mass is 276 g/mol. The molecule has 1 amide bonds. The molecule has 6 heteroatoms. The Balaban J connectivity index is 2.34. The van der Waals surface area contributed by atoms with Crippen molar-refractivity contribution in [1.82, 2.24) is 19.9 Å². The van der Waals surface area contributed by atoms with Crippen LogP contribution in [0.4, 0.5) is 0 Å². The Labute approximate surface area is 117 Å². The number of aryl methyl sites for hydroxylation is 3. The molecule has 2 aromatic rings. The van der Waals surface area contributed by atoms with Gasteiger partial charge in [-0.1, -0.05) is 0 Å². The summed E-state index contributed by atoms with van der Waals surface area (Å²) >= 11 is 0. The molecule has 20 heavy (non-hydrogen) atoms. The quantitative estimate of drug-likeness (QED) is 0.878. The van der Waals surface area contributed by atoms with Gasteiger partial charge in [-0.3, -0.25) is 4.79 Å². The number of carbonyl (C=O) groups is 1. The fourth-order valence-corrected chi connectivity index (χ4v) is 2.18. The number of hydrogen-bond acceptors (Lipinski definition) is 4. The van der Waals surface area contributed by atoms with Gasteiger partial charge in [0.05, 0.1) is 11.8 Å². The number of aliphatic hydroxyl groups excluding tert-OH is 1. The maximum atomic E-state index is 12.3. The van der Waals surface area contributed by atoms with Crippen LogP contribution in [0.2, 0.25) is 0 Å². The molecule has 6 nitrogen and oxygen atoms in total. The maximum Gasteiger partial charge on any atom is 0.257 e. The van der Waals surface area contributed by atoms with Crippen LogP contribution in [-0.4, -0.2) is 38.3 Å². The molecule has 0 radical (unpaired) electrons. The lowest BCUT2D eigenvalue weighted by molar-refractivity contribution is 0.0946. The molecule has 0 spiro atoms. The van der Waals surface area contributed by atoms with Crippen molar-refractivity contribution in [3.63, 3.8) is 0 Å². The minimum Gasteiger partial charge on any atom is -0.393 e. The lowest BCUT2D eigenvalue weighted by Gasteiger charge is -2.06. The standard InChI is InChI=1S/C14H20N4O2/c1-8-7-9(2)18-13(16-8)12(11(4)17-18)14(20)15-6-5-10(3)19/h7,10,19H,5-6H2,1-4H3,(H,15,20). The Kier molecular flexibility index (Phi) is 4.04. The van der Waals surface area contributed by atoms with E-state index < -0.39 is 6.10 Å². The summed E-state index contributed by atoms with van der Waals surface area (Å²) < 4.78 is 1.69. The number of hydrogen-bond donors (Lipinski definition) is 2. The molecular formula is C14H20N4O2. The van der Waals surface area contributed by atoms with Gasteiger partial charge < -0.3 is 10.4 Å². The lowest BCUT2D eigenvalue weighted by atomic mass is 10.2. The second-order valence-corrected chi connectivity index (χ2v) is 5.13. The van der Waals surface area contributed by atoms with Gasteiger partial charge in [0.15, 0.2) is 5.65 Å². The topological polar surface area (TPSA) is 79.5 Å². The summed E-state index contributed by atoms with van der Waals surface area (Å²) in [5.41, 5.74) is 3.53. The number of nitrogens with one attached hydrogen (secondary N) is 1. The molecule has 2 aromatic heterocycles. The van der Waals surface area contributed by atoms with Crippen molar-refractivity contribution < 1.29 is 9.90 Å². The predicted molar refractivity (Wildman–Crippen MR) is 75.8 cm³/mol. The first-order valence-electron chi connectivity index (χ1n) is 6.70. The molecule has 0 aliphatic carbocycles. The zero-order chi connectivity index (χ0) is 14.9. The van der Waals surface area contributed by atoms with Crippen molar-refractivity contribution in [1.29, 1.82) is 0 Å². The van der Waals surface area contributed by atoms with Gasteiger partial charge >= 0.3 is 0 Å². The van der Waals surface area contributed by atoms with E-state index in [9.17, 15) is 9.90 Å². The molecule has 0 aromatic carbocycles. The highest BCUT2D eigenvalue weighted by atomic mass is 16.3. The van der Waals surface area contributed by atoms with Gasteiger partial charge in [-0.25, -0.2) is 9.50 Å². The van der Waals surface area contributed by atoms with E-state index in [-0.39, 0.29) is 5.91 Å². The third kappa shape index (κ3) is 2.80. The van der Waals surface area contributed by atoms with E-state index in [0.29, 0.717) is 29.9 Å². The van der Waals surface area contributed by atoms with E-state index >= 15 is 0 Å². The van der Waals surface area contributed by atoms with Crippen molar-refractivity contribution in [2.45, 2.75) is 40.2 Å². The molecule has 2 N–H and O–H groups in total. The van der Waals surface area contributed by atoms with Crippen LogP contribution in [0.3, 0.4) is 0 Å². The molecule has 0 saturated heterocycles. The van der Waals surface area contributed by atoms with Crippen LogP contribution in [0.15, 0.2) is 6.07 Å². The van der Waals surface area contributed by atoms with Crippen LogP contribution < -0.4 is 5.32 Å². The number of fused-ring (bicyclic) bond motifs is 1. The van der Waals surface area contributed by atoms with Crippen LogP contribution in [0, 0.1) is 20.8 Å². The molecule has 0 aliphatic rings. The van der Waals surface area contributed by atoms with Crippen molar-refractivity contribution in [3.8, 4) is 0 Å². The number of nitrogens with zero attached hydrogens (tertiary/aromatic N) is 3. The first kappa shape index (κ1) is 14.5. The fraction of sp³-hybridized carbons (Fsp3) is 0.500. The van der Waals surface area contributed by atoms with Gasteiger partial charge in [0, 0.05) is 17.9 Å². The number of rotatable bonds is 4. The Bertz CT molecular complexity index is 646. The first-order valence-corrected chi connectivity index (χ1v) is 6.70. The number of aromatic nitrogens is 3. The molecule has 0 fully saturated rings. The van der Waals surface area contributed by atoms with Gasteiger partial charge in [0.25, 0.3) is 5.91 Å². The van der Waals surface area contributed by atoms with Crippen molar-refractivity contribution in [2.75, 3.05) is 6.54 Å². The SMILES string of the molecule is Cc1cc(C)n2nc(C)c(C(=O)NCCC(C)O)c2n1. The highest BCUT2D eigenvalue weighted by Crippen LogP contribution is 2.16. The number of carbonyl (C=O) groups excluding carboxylic acids is 1. The van der Waals surface area contributed by atoms with Crippen LogP contribution in [-0.2, 0) is 0 Å². The van der Waals surface area contributed by atoms with E-state index in [2.05, 4.69) is 15.4 Å². The third-order valence-electron chi connectivity index (χ3n) is 3.14. The van der Waals surface area contributed by atoms with Crippen LogP contribution in [0.1, 0.15) is 40.8 Å². The summed E-state index contributed by atoms with van der Waals surface area (Å²) in [4.78, 5) is 16.7. The highest BCUT2D eigenvalue weighted by molar-refractivity contribution is 6.01. The smallest absolute Gasteiger partial charge is 0.257 e. The van der Waals surface area contributed by atoms with Gasteiger partial charge in [-0.2, -0.15) is 5.10 Å². The van der Waals surface area contributed by atoms with E-state index in [0.717, 1.165) is 11.4 Å². The third-order valence-corrected chi connectivity index (χ3v) is 3.14. The summed E-state index contributed by atoms with van der Waals surface area (Å²) in [6, 6.07) is 1.93. The Hall–Kier alpha value is -1.95. The highest BCUT2D eigenvalue weighted by Gasteiger charge is 2.19. The Morgan fingerprint density at radius 1 is 1.45 bits per heavy atom. The zero-order valence-electron chi connectivity index (χ0n) is 12.3. The Morgan fingerprint density at radius 3 is 2.80 bits per heavy atom. The van der Waals surface area contributed by atoms with Gasteiger partial charge in [-0.15, -0.1) is 0 Å². The minimum absolute atomic E-state index is 0.198. The average molecular weight is 276 g/mol. The van der Waals surface area contributed by atoms with Crippen molar-refractivity contribution in [2.24, 2.45) is 0 Å². The molecule has 2 heterocycles. The van der Waals surface area contributed by atoms with Crippen molar-refractivity contribution in [3.05, 3.63) is 28.7 Å². The van der Waals surface area contributed by atoms with Crippen LogP contribution >= 0.6 is 0 Å². The van der Waals surface area contributed by atoms with Gasteiger partial charge in [0.1, 0.15) is 5.56 Å². The normalized spacial score (nSPS) is 12.7. The van der Waals surface area contributed by atoms with E-state index in [1.807, 2.05) is 19.9 Å². The van der Waals surface area contributed by atoms with Crippen molar-refractivity contribution >= 4 is 11.6 Å². The summed E-state index contributed by atoms with van der Waals surface area (Å²) in [7, 11) is 0. The summed E-state index contributed by atoms with van der Waals surface area (Å²) in [6.07, 6.45) is 0.0954. The molecule has 0 bridgehead atoms. The molecule has 1 unspecified atom stereocenters. The lowest BCUT2D eigenvalue weighted by Crippen LogP contribution is -2.27. The molecule has 0 saturated carbocycles. The molecular weight excluding hydrogens is 256 g/mol. The van der Waals surface area contributed by atoms with Gasteiger partial charge in [-0.05, 0) is 40.2 Å². The second-order valence-electron chi connectivity index (χ2n) is 5.13. The molecule has 108 valence electrons. The summed E-state index contributed by atoms with van der Waals surface area (Å²) in [6.45, 7) is 7.75. The van der Waals surface area contributed by atoms with Crippen LogP contribution in [0.5, 0.6) is 0 Å². The number of aliphatic hydroxyl groups is 1. The summed E-state index contributed by atoms with van der Waals surface area (Å²) in [5, 5.41) is 16.4. The largest absolute Gasteiger partial charge is 0.393 e. The van der Waals surface area contributed by atoms with Crippen LogP contribution in [0.25, 0.3) is 5.65 Å². The molecule has 1 atom stereocenters.